The van der Waals surface area contributed by atoms with Crippen LogP contribution in [0.15, 0.2) is 24.3 Å². The van der Waals surface area contributed by atoms with Crippen LogP contribution in [0.1, 0.15) is 49.4 Å². The summed E-state index contributed by atoms with van der Waals surface area (Å²) in [6.45, 7) is 2.11. The number of hydrogen-bond donors (Lipinski definition) is 1. The number of hydrogen-bond acceptors (Lipinski definition) is 3. The van der Waals surface area contributed by atoms with Gasteiger partial charge in [-0.05, 0) is 74.7 Å². The van der Waals surface area contributed by atoms with Crippen molar-refractivity contribution in [2.45, 2.75) is 45.1 Å². The number of nitro groups is 1. The lowest BCUT2D eigenvalue weighted by Gasteiger charge is -2.56. The Labute approximate surface area is 142 Å². The first-order valence-corrected chi connectivity index (χ1v) is 9.06. The second-order valence-electron chi connectivity index (χ2n) is 8.08. The normalized spacial score (nSPS) is 34.8. The Bertz CT molecular complexity index is 644. The van der Waals surface area contributed by atoms with E-state index in [9.17, 15) is 14.9 Å². The number of non-ortho nitro benzene ring substituents is 1. The molecule has 5 heteroatoms. The van der Waals surface area contributed by atoms with Crippen LogP contribution in [-0.2, 0) is 0 Å². The van der Waals surface area contributed by atoms with Crippen molar-refractivity contribution in [1.29, 1.82) is 0 Å². The third-order valence-corrected chi connectivity index (χ3v) is 6.55. The zero-order chi connectivity index (χ0) is 16.8. The Morgan fingerprint density at radius 2 is 1.79 bits per heavy atom. The summed E-state index contributed by atoms with van der Waals surface area (Å²) < 4.78 is 0. The molecule has 4 fully saturated rings. The van der Waals surface area contributed by atoms with Gasteiger partial charge in [-0.25, -0.2) is 0 Å². The Morgan fingerprint density at radius 1 is 1.17 bits per heavy atom. The summed E-state index contributed by atoms with van der Waals surface area (Å²) >= 11 is 0. The molecule has 1 unspecified atom stereocenters. The molecule has 24 heavy (non-hydrogen) atoms. The average Bonchev–Trinajstić information content (AvgIpc) is 2.53. The fourth-order valence-corrected chi connectivity index (χ4v) is 5.93. The first kappa shape index (κ1) is 15.6. The lowest BCUT2D eigenvalue weighted by molar-refractivity contribution is -0.384. The predicted molar refractivity (Wildman–Crippen MR) is 90.6 cm³/mol. The molecule has 1 N–H and O–H groups in total. The van der Waals surface area contributed by atoms with Gasteiger partial charge in [0.1, 0.15) is 0 Å². The van der Waals surface area contributed by atoms with Crippen LogP contribution >= 0.6 is 0 Å². The number of amides is 1. The molecule has 4 bridgehead atoms. The van der Waals surface area contributed by atoms with Crippen LogP contribution in [-0.4, -0.2) is 16.9 Å². The van der Waals surface area contributed by atoms with Crippen molar-refractivity contribution < 1.29 is 9.72 Å². The van der Waals surface area contributed by atoms with Gasteiger partial charge in [0.15, 0.2) is 0 Å². The Kier molecular flexibility index (Phi) is 3.82. The zero-order valence-electron chi connectivity index (χ0n) is 14.0. The number of carbonyl (C=O) groups is 1. The smallest absolute Gasteiger partial charge is 0.270 e. The highest BCUT2D eigenvalue weighted by Gasteiger charge is 2.49. The molecule has 0 aliphatic heterocycles. The summed E-state index contributed by atoms with van der Waals surface area (Å²) in [5.74, 6) is 3.72. The van der Waals surface area contributed by atoms with E-state index in [2.05, 4.69) is 12.2 Å². The topological polar surface area (TPSA) is 72.2 Å². The number of rotatable bonds is 4. The van der Waals surface area contributed by atoms with E-state index in [0.717, 1.165) is 23.7 Å². The molecule has 4 saturated carbocycles. The highest BCUT2D eigenvalue weighted by atomic mass is 16.6. The van der Waals surface area contributed by atoms with Crippen LogP contribution in [0.3, 0.4) is 0 Å². The maximum atomic E-state index is 12.5. The van der Waals surface area contributed by atoms with Crippen molar-refractivity contribution >= 4 is 11.6 Å². The van der Waals surface area contributed by atoms with Gasteiger partial charge in [-0.1, -0.05) is 6.07 Å². The van der Waals surface area contributed by atoms with Crippen LogP contribution in [0, 0.1) is 39.7 Å². The lowest BCUT2D eigenvalue weighted by Crippen LogP contribution is -2.53. The van der Waals surface area contributed by atoms with E-state index in [0.29, 0.717) is 11.5 Å². The average molecular weight is 328 g/mol. The van der Waals surface area contributed by atoms with E-state index in [-0.39, 0.29) is 17.6 Å². The zero-order valence-corrected chi connectivity index (χ0v) is 14.0. The predicted octanol–water partition coefficient (Wildman–Crippen LogP) is 3.79. The van der Waals surface area contributed by atoms with Gasteiger partial charge < -0.3 is 5.32 Å². The SMILES string of the molecule is CC(NC(=O)c1cccc([N+](=O)[O-])c1)C1C2CC3CC(C2)CC1C3. The lowest BCUT2D eigenvalue weighted by atomic mass is 9.50. The molecule has 1 amide bonds. The second kappa shape index (κ2) is 5.87. The van der Waals surface area contributed by atoms with Crippen molar-refractivity contribution in [1.82, 2.24) is 5.32 Å². The molecule has 0 saturated heterocycles. The van der Waals surface area contributed by atoms with Crippen LogP contribution in [0.4, 0.5) is 5.69 Å². The molecule has 1 atom stereocenters. The minimum Gasteiger partial charge on any atom is -0.349 e. The van der Waals surface area contributed by atoms with Crippen LogP contribution in [0.2, 0.25) is 0 Å². The van der Waals surface area contributed by atoms with Crippen molar-refractivity contribution in [3.8, 4) is 0 Å². The molecule has 1 aromatic carbocycles. The van der Waals surface area contributed by atoms with Gasteiger partial charge in [0.05, 0.1) is 4.92 Å². The number of nitrogens with zero attached hydrogens (tertiary/aromatic N) is 1. The van der Waals surface area contributed by atoms with Crippen molar-refractivity contribution in [3.63, 3.8) is 0 Å². The van der Waals surface area contributed by atoms with Gasteiger partial charge in [-0.2, -0.15) is 0 Å². The fourth-order valence-electron chi connectivity index (χ4n) is 5.93. The largest absolute Gasteiger partial charge is 0.349 e. The molecule has 4 aliphatic rings. The van der Waals surface area contributed by atoms with E-state index < -0.39 is 4.92 Å². The number of nitro benzene ring substituents is 1. The molecule has 5 nitrogen and oxygen atoms in total. The van der Waals surface area contributed by atoms with Gasteiger partial charge in [0.25, 0.3) is 11.6 Å². The van der Waals surface area contributed by atoms with Crippen molar-refractivity contribution in [2.24, 2.45) is 29.6 Å². The molecule has 0 radical (unpaired) electrons. The molecule has 0 aromatic heterocycles. The fraction of sp³-hybridized carbons (Fsp3) is 0.632. The first-order valence-electron chi connectivity index (χ1n) is 9.06. The van der Waals surface area contributed by atoms with Gasteiger partial charge >= 0.3 is 0 Å². The number of nitrogens with one attached hydrogen (secondary N) is 1. The van der Waals surface area contributed by atoms with Crippen LogP contribution in [0.25, 0.3) is 0 Å². The van der Waals surface area contributed by atoms with Crippen LogP contribution < -0.4 is 5.32 Å². The van der Waals surface area contributed by atoms with E-state index in [1.807, 2.05) is 0 Å². The summed E-state index contributed by atoms with van der Waals surface area (Å²) in [4.78, 5) is 23.0. The number of benzene rings is 1. The molecule has 5 rings (SSSR count). The van der Waals surface area contributed by atoms with Crippen molar-refractivity contribution in [2.75, 3.05) is 0 Å². The van der Waals surface area contributed by atoms with Gasteiger partial charge in [0.2, 0.25) is 0 Å². The highest BCUT2D eigenvalue weighted by Crippen LogP contribution is 2.57. The van der Waals surface area contributed by atoms with Gasteiger partial charge in [-0.3, -0.25) is 14.9 Å². The molecule has 0 heterocycles. The van der Waals surface area contributed by atoms with E-state index >= 15 is 0 Å². The van der Waals surface area contributed by atoms with E-state index in [1.165, 1.54) is 44.2 Å². The number of carbonyl (C=O) groups excluding carboxylic acids is 1. The first-order chi connectivity index (χ1) is 11.5. The summed E-state index contributed by atoms with van der Waals surface area (Å²) in [6.07, 6.45) is 6.74. The molecular weight excluding hydrogens is 304 g/mol. The molecule has 4 aliphatic carbocycles. The summed E-state index contributed by atoms with van der Waals surface area (Å²) in [6, 6.07) is 6.12. The standard InChI is InChI=1S/C19H24N2O3/c1-11(18-15-6-12-5-13(8-15)9-16(18)7-12)20-19(22)14-3-2-4-17(10-14)21(23)24/h2-4,10-13,15-16,18H,5-9H2,1H3,(H,20,22). The molecule has 1 aromatic rings. The Balaban J connectivity index is 1.46. The minimum absolute atomic E-state index is 0.0371. The molecule has 0 spiro atoms. The summed E-state index contributed by atoms with van der Waals surface area (Å²) in [7, 11) is 0. The third-order valence-electron chi connectivity index (χ3n) is 6.55. The quantitative estimate of drug-likeness (QED) is 0.675. The highest BCUT2D eigenvalue weighted by molar-refractivity contribution is 5.95. The minimum atomic E-state index is -0.460. The Hall–Kier alpha value is -1.91. The maximum Gasteiger partial charge on any atom is 0.270 e. The second-order valence-corrected chi connectivity index (χ2v) is 8.08. The van der Waals surface area contributed by atoms with Crippen LogP contribution in [0.5, 0.6) is 0 Å². The van der Waals surface area contributed by atoms with Gasteiger partial charge in [-0.15, -0.1) is 0 Å². The van der Waals surface area contributed by atoms with Crippen molar-refractivity contribution in [3.05, 3.63) is 39.9 Å². The third kappa shape index (κ3) is 2.70. The van der Waals surface area contributed by atoms with E-state index in [1.54, 1.807) is 12.1 Å². The van der Waals surface area contributed by atoms with Gasteiger partial charge in [0, 0.05) is 23.7 Å². The summed E-state index contributed by atoms with van der Waals surface area (Å²) in [5.41, 5.74) is 0.338. The van der Waals surface area contributed by atoms with E-state index in [4.69, 9.17) is 0 Å². The Morgan fingerprint density at radius 3 is 2.38 bits per heavy atom. The molecular formula is C19H24N2O3. The molecule has 128 valence electrons. The monoisotopic (exact) mass is 328 g/mol. The maximum absolute atomic E-state index is 12.5. The summed E-state index contributed by atoms with van der Waals surface area (Å²) in [5, 5.41) is 14.0.